The predicted molar refractivity (Wildman–Crippen MR) is 85.1 cm³/mol. The first kappa shape index (κ1) is 19.3. The summed E-state index contributed by atoms with van der Waals surface area (Å²) < 4.78 is 5.00. The molecule has 0 saturated carbocycles. The molecule has 1 amide bonds. The van der Waals surface area contributed by atoms with Gasteiger partial charge in [0.25, 0.3) is 5.24 Å². The zero-order valence-electron chi connectivity index (χ0n) is 13.3. The van der Waals surface area contributed by atoms with E-state index in [9.17, 15) is 9.59 Å². The molecule has 0 N–H and O–H groups in total. The molecule has 0 radical (unpaired) electrons. The third-order valence-electron chi connectivity index (χ3n) is 3.12. The van der Waals surface area contributed by atoms with E-state index in [1.165, 1.54) is 11.8 Å². The van der Waals surface area contributed by atoms with Crippen molar-refractivity contribution in [1.82, 2.24) is 4.90 Å². The smallest absolute Gasteiger partial charge is 0.306 e. The van der Waals surface area contributed by atoms with E-state index in [1.807, 2.05) is 13.8 Å². The fourth-order valence-corrected chi connectivity index (χ4v) is 3.13. The number of rotatable bonds is 10. The molecule has 0 aliphatic heterocycles. The molecule has 0 saturated heterocycles. The van der Waals surface area contributed by atoms with Crippen LogP contribution in [0.15, 0.2) is 0 Å². The second kappa shape index (κ2) is 12.1. The lowest BCUT2D eigenvalue weighted by Crippen LogP contribution is -2.29. The number of ether oxygens (including phenoxy) is 1. The van der Waals surface area contributed by atoms with Crippen LogP contribution in [-0.4, -0.2) is 41.1 Å². The average Bonchev–Trinajstić information content (AvgIpc) is 2.40. The second-order valence-electron chi connectivity index (χ2n) is 4.68. The van der Waals surface area contributed by atoms with Crippen LogP contribution in [0.3, 0.4) is 0 Å². The molecule has 1 unspecified atom stereocenters. The normalized spacial score (nSPS) is 12.0. The summed E-state index contributed by atoms with van der Waals surface area (Å²) in [5.41, 5.74) is 0. The number of hydrogen-bond donors (Lipinski definition) is 0. The lowest BCUT2D eigenvalue weighted by Gasteiger charge is -2.21. The molecule has 0 aliphatic carbocycles. The lowest BCUT2D eigenvalue weighted by atomic mass is 10.1. The molecule has 5 heteroatoms. The highest BCUT2D eigenvalue weighted by atomic mass is 32.2. The first-order chi connectivity index (χ1) is 9.58. The van der Waals surface area contributed by atoms with Crippen LogP contribution in [-0.2, 0) is 9.53 Å². The van der Waals surface area contributed by atoms with Crippen molar-refractivity contribution in [1.29, 1.82) is 0 Å². The highest BCUT2D eigenvalue weighted by Gasteiger charge is 2.21. The van der Waals surface area contributed by atoms with Crippen LogP contribution < -0.4 is 0 Å². The molecule has 0 spiro atoms. The SMILES string of the molecule is CCCCCC(CC(=O)OCC)SC(=O)N(CC)CC. The Morgan fingerprint density at radius 2 is 1.75 bits per heavy atom. The van der Waals surface area contributed by atoms with E-state index in [2.05, 4.69) is 6.92 Å². The first-order valence-corrected chi connectivity index (χ1v) is 8.58. The number of esters is 1. The summed E-state index contributed by atoms with van der Waals surface area (Å²) >= 11 is 1.29. The zero-order chi connectivity index (χ0) is 15.4. The van der Waals surface area contributed by atoms with Crippen LogP contribution in [0.25, 0.3) is 0 Å². The molecule has 0 bridgehead atoms. The van der Waals surface area contributed by atoms with Gasteiger partial charge >= 0.3 is 5.97 Å². The first-order valence-electron chi connectivity index (χ1n) is 7.70. The van der Waals surface area contributed by atoms with Crippen molar-refractivity contribution < 1.29 is 14.3 Å². The summed E-state index contributed by atoms with van der Waals surface area (Å²) in [4.78, 5) is 25.5. The minimum Gasteiger partial charge on any atom is -0.466 e. The molecule has 1 atom stereocenters. The maximum atomic E-state index is 12.1. The van der Waals surface area contributed by atoms with Gasteiger partial charge in [0, 0.05) is 18.3 Å². The quantitative estimate of drug-likeness (QED) is 0.450. The Hall–Kier alpha value is -0.710. The van der Waals surface area contributed by atoms with Gasteiger partial charge < -0.3 is 9.64 Å². The molecule has 20 heavy (non-hydrogen) atoms. The molecule has 0 fully saturated rings. The van der Waals surface area contributed by atoms with Gasteiger partial charge in [-0.25, -0.2) is 0 Å². The van der Waals surface area contributed by atoms with Crippen LogP contribution in [0.5, 0.6) is 0 Å². The van der Waals surface area contributed by atoms with Gasteiger partial charge in [0.1, 0.15) is 0 Å². The van der Waals surface area contributed by atoms with Crippen molar-refractivity contribution in [3.05, 3.63) is 0 Å². The van der Waals surface area contributed by atoms with Gasteiger partial charge in [0.2, 0.25) is 0 Å². The maximum absolute atomic E-state index is 12.1. The molecule has 0 rings (SSSR count). The van der Waals surface area contributed by atoms with E-state index in [0.717, 1.165) is 25.7 Å². The molecular formula is C15H29NO3S. The van der Waals surface area contributed by atoms with Crippen molar-refractivity contribution in [2.45, 2.75) is 65.0 Å². The Labute approximate surface area is 127 Å². The molecule has 0 aromatic carbocycles. The number of unbranched alkanes of at least 4 members (excludes halogenated alkanes) is 2. The summed E-state index contributed by atoms with van der Waals surface area (Å²) in [5, 5.41) is 0.106. The Bertz CT molecular complexity index is 280. The zero-order valence-corrected chi connectivity index (χ0v) is 14.1. The van der Waals surface area contributed by atoms with E-state index in [1.54, 1.807) is 11.8 Å². The van der Waals surface area contributed by atoms with Gasteiger partial charge in [-0.05, 0) is 27.2 Å². The van der Waals surface area contributed by atoms with E-state index in [4.69, 9.17) is 4.74 Å². The summed E-state index contributed by atoms with van der Waals surface area (Å²) in [6, 6.07) is 0. The Morgan fingerprint density at radius 3 is 2.25 bits per heavy atom. The Morgan fingerprint density at radius 1 is 1.10 bits per heavy atom. The minimum atomic E-state index is -0.200. The van der Waals surface area contributed by atoms with Gasteiger partial charge in [-0.2, -0.15) is 0 Å². The second-order valence-corrected chi connectivity index (χ2v) is 5.93. The minimum absolute atomic E-state index is 0.0358. The summed E-state index contributed by atoms with van der Waals surface area (Å²) in [6.45, 7) is 9.72. The van der Waals surface area contributed by atoms with Crippen molar-refractivity contribution in [2.24, 2.45) is 0 Å². The number of nitrogens with zero attached hydrogens (tertiary/aromatic N) is 1. The van der Waals surface area contributed by atoms with E-state index in [-0.39, 0.29) is 16.5 Å². The summed E-state index contributed by atoms with van der Waals surface area (Å²) in [7, 11) is 0. The fourth-order valence-electron chi connectivity index (χ4n) is 1.93. The van der Waals surface area contributed by atoms with Crippen molar-refractivity contribution >= 4 is 23.0 Å². The predicted octanol–water partition coefficient (Wildman–Crippen LogP) is 4.08. The number of carbonyl (C=O) groups excluding carboxylic acids is 2. The fraction of sp³-hybridized carbons (Fsp3) is 0.867. The van der Waals surface area contributed by atoms with Gasteiger partial charge in [-0.3, -0.25) is 9.59 Å². The van der Waals surface area contributed by atoms with Crippen LogP contribution in [0, 0.1) is 0 Å². The van der Waals surface area contributed by atoms with Gasteiger partial charge in [-0.1, -0.05) is 37.9 Å². The number of hydrogen-bond acceptors (Lipinski definition) is 4. The van der Waals surface area contributed by atoms with Crippen LogP contribution in [0.4, 0.5) is 4.79 Å². The lowest BCUT2D eigenvalue weighted by molar-refractivity contribution is -0.143. The maximum Gasteiger partial charge on any atom is 0.306 e. The summed E-state index contributed by atoms with van der Waals surface area (Å²) in [6.07, 6.45) is 4.55. The van der Waals surface area contributed by atoms with Gasteiger partial charge in [0.05, 0.1) is 13.0 Å². The van der Waals surface area contributed by atoms with E-state index >= 15 is 0 Å². The van der Waals surface area contributed by atoms with E-state index < -0.39 is 0 Å². The van der Waals surface area contributed by atoms with Crippen LogP contribution in [0.1, 0.15) is 59.8 Å². The molecule has 0 heterocycles. The van der Waals surface area contributed by atoms with Gasteiger partial charge in [0.15, 0.2) is 0 Å². The molecule has 0 aromatic rings. The van der Waals surface area contributed by atoms with Crippen molar-refractivity contribution in [2.75, 3.05) is 19.7 Å². The van der Waals surface area contributed by atoms with E-state index in [0.29, 0.717) is 26.1 Å². The van der Waals surface area contributed by atoms with Crippen LogP contribution in [0.2, 0.25) is 0 Å². The molecule has 4 nitrogen and oxygen atoms in total. The molecule has 118 valence electrons. The highest BCUT2D eigenvalue weighted by Crippen LogP contribution is 2.24. The third kappa shape index (κ3) is 8.46. The molecular weight excluding hydrogens is 274 g/mol. The molecule has 0 aliphatic rings. The number of amides is 1. The largest absolute Gasteiger partial charge is 0.466 e. The summed E-state index contributed by atoms with van der Waals surface area (Å²) in [5.74, 6) is -0.200. The van der Waals surface area contributed by atoms with Crippen molar-refractivity contribution in [3.63, 3.8) is 0 Å². The number of carbonyl (C=O) groups is 2. The Kier molecular flexibility index (Phi) is 11.6. The van der Waals surface area contributed by atoms with Crippen molar-refractivity contribution in [3.8, 4) is 0 Å². The monoisotopic (exact) mass is 303 g/mol. The van der Waals surface area contributed by atoms with Crippen LogP contribution >= 0.6 is 11.8 Å². The molecule has 0 aromatic heterocycles. The topological polar surface area (TPSA) is 46.6 Å². The number of thioether (sulfide) groups is 1. The third-order valence-corrected chi connectivity index (χ3v) is 4.31. The van der Waals surface area contributed by atoms with Gasteiger partial charge in [-0.15, -0.1) is 0 Å². The Balaban J connectivity index is 4.42. The standard InChI is InChI=1S/C15H29NO3S/c1-5-9-10-11-13(12-14(17)19-8-4)20-15(18)16(6-2)7-3/h13H,5-12H2,1-4H3. The average molecular weight is 303 g/mol. The highest BCUT2D eigenvalue weighted by molar-refractivity contribution is 8.14.